The number of pyridine rings is 4. The van der Waals surface area contributed by atoms with E-state index in [0.29, 0.717) is 22.3 Å². The van der Waals surface area contributed by atoms with Crippen molar-refractivity contribution >= 4 is 0 Å². The van der Waals surface area contributed by atoms with E-state index in [9.17, 15) is 0 Å². The summed E-state index contributed by atoms with van der Waals surface area (Å²) in [6.45, 7) is 34.4. The zero-order valence-corrected chi connectivity index (χ0v) is 54.3. The maximum Gasteiger partial charge on any atom is 0.212 e. The number of aromatic nitrogens is 4. The minimum absolute atomic E-state index is 0.0492. The highest BCUT2D eigenvalue weighted by Crippen LogP contribution is 2.32. The Kier molecular flexibility index (Phi) is 16.8. The van der Waals surface area contributed by atoms with Gasteiger partial charge in [-0.25, -0.2) is 18.3 Å². The first-order chi connectivity index (χ1) is 43.1. The minimum atomic E-state index is -2.04. The van der Waals surface area contributed by atoms with E-state index in [2.05, 4.69) is 57.2 Å². The summed E-state index contributed by atoms with van der Waals surface area (Å²) in [5.74, 6) is -0.0492. The summed E-state index contributed by atoms with van der Waals surface area (Å²) >= 11 is 0. The molecule has 8 rings (SSSR count). The van der Waals surface area contributed by atoms with Crippen LogP contribution in [0.15, 0.2) is 152 Å². The van der Waals surface area contributed by atoms with E-state index in [4.69, 9.17) is 17.8 Å². The molecule has 0 radical (unpaired) electrons. The molecule has 0 N–H and O–H groups in total. The van der Waals surface area contributed by atoms with E-state index in [1.807, 2.05) is 249 Å². The van der Waals surface area contributed by atoms with Crippen LogP contribution in [0.5, 0.6) is 0 Å². The molecule has 4 aromatic carbocycles. The highest BCUT2D eigenvalue weighted by Gasteiger charge is 2.25. The number of aryl methyl sites for hydroxylation is 10. The van der Waals surface area contributed by atoms with Gasteiger partial charge in [0.2, 0.25) is 22.8 Å². The molecule has 4 heterocycles. The Morgan fingerprint density at radius 2 is 0.805 bits per heavy atom. The van der Waals surface area contributed by atoms with Crippen molar-refractivity contribution in [2.24, 2.45) is 55.8 Å². The number of nitrogens with zero attached hydrogens (tertiary/aromatic N) is 4. The standard InChI is InChI=1S/C28H44N.C18H24N.C17H22N.C15H18N/c1-20-14-21(16-26(2,3)4)12-13-24(20)25-15-22(17-27(5,6)7)23(19-29(25)11)18-28(8,9)10;1-14-8-6-7-9-16(14)17-11-10-15(13-19(17)5)12-18(2,3)4;1-13(2)11-15-9-10-17(18(4)12-15)16-8-6-5-7-14(16)3;1-11-5-6-14(13(3)9-11)15-10-12(2)7-8-16(15)4/h12-15,19H,16-18H2,1-11H3;6-11,13H,12H2,1-5H3;5-10,12-13H,11H2,1-4H3;5-10H,1-4H3/q4*+1/i16D2,17D2,18D2;12D2;11D2;1D3. The predicted octanol–water partition coefficient (Wildman–Crippen LogP) is 18.1. The quantitative estimate of drug-likeness (QED) is 0.121. The average Bonchev–Trinajstić information content (AvgIpc) is 0.739. The Labute approximate surface area is 518 Å². The Hall–Kier alpha value is -6.52. The van der Waals surface area contributed by atoms with Crippen LogP contribution >= 0.6 is 0 Å². The Morgan fingerprint density at radius 3 is 1.28 bits per heavy atom. The van der Waals surface area contributed by atoms with Crippen LogP contribution in [0.3, 0.4) is 0 Å². The lowest BCUT2D eigenvalue weighted by molar-refractivity contribution is -0.661. The molecule has 0 aliphatic rings. The highest BCUT2D eigenvalue weighted by atomic mass is 14.9. The average molecular weight is 1110 g/mol. The summed E-state index contributed by atoms with van der Waals surface area (Å²) < 4.78 is 117. The van der Waals surface area contributed by atoms with Crippen LogP contribution in [0.4, 0.5) is 0 Å². The third-order valence-corrected chi connectivity index (χ3v) is 13.2. The van der Waals surface area contributed by atoms with Crippen LogP contribution < -0.4 is 18.3 Å². The summed E-state index contributed by atoms with van der Waals surface area (Å²) in [5, 5.41) is 0. The largest absolute Gasteiger partial charge is 0.212 e. The normalized spacial score (nSPS) is 15.1. The van der Waals surface area contributed by atoms with Crippen molar-refractivity contribution in [3.8, 4) is 45.0 Å². The molecule has 0 amide bonds. The molecule has 0 aliphatic carbocycles. The first-order valence-corrected chi connectivity index (χ1v) is 29.0. The summed E-state index contributed by atoms with van der Waals surface area (Å²) in [6.07, 6.45) is -0.171. The molecule has 0 aliphatic heterocycles. The smallest absolute Gasteiger partial charge is 0.201 e. The molecule has 0 saturated carbocycles. The summed E-state index contributed by atoms with van der Waals surface area (Å²) in [7, 11) is 7.80. The van der Waals surface area contributed by atoms with E-state index in [1.54, 1.807) is 24.4 Å². The van der Waals surface area contributed by atoms with Gasteiger partial charge in [0.05, 0.1) is 0 Å². The van der Waals surface area contributed by atoms with E-state index in [-0.39, 0.29) is 5.92 Å². The van der Waals surface area contributed by atoms with Crippen molar-refractivity contribution in [1.82, 2.24) is 0 Å². The predicted molar refractivity (Wildman–Crippen MR) is 352 cm³/mol. The van der Waals surface area contributed by atoms with Crippen LogP contribution in [0.25, 0.3) is 45.0 Å². The first kappa shape index (κ1) is 49.0. The fourth-order valence-electron chi connectivity index (χ4n) is 9.70. The van der Waals surface area contributed by atoms with Gasteiger partial charge < -0.3 is 0 Å². The third-order valence-electron chi connectivity index (χ3n) is 13.2. The summed E-state index contributed by atoms with van der Waals surface area (Å²) in [6, 6.07) is 41.2. The zero-order chi connectivity index (χ0) is 72.5. The molecule has 4 nitrogen and oxygen atoms in total. The zero-order valence-electron chi connectivity index (χ0n) is 67.3. The highest BCUT2D eigenvalue weighted by molar-refractivity contribution is 5.64. The van der Waals surface area contributed by atoms with Crippen LogP contribution in [0.1, 0.15) is 176 Å². The molecule has 436 valence electrons. The number of hydrogen-bond donors (Lipinski definition) is 0. The van der Waals surface area contributed by atoms with Crippen molar-refractivity contribution in [1.29, 1.82) is 0 Å². The van der Waals surface area contributed by atoms with E-state index >= 15 is 0 Å². The SMILES string of the molecule is [2H]C([2H])([2H])c1ccc(-c2cc(C)cc[n+]2C)c(C)c1.[2H]C([2H])(c1ccc(-c2cc(C([2H])([2H])C(C)(C)C)c(C([2H])([2H])C(C)(C)C)c[n+]2C)c(C)c1)C(C)(C)C.[2H]C([2H])(c1ccc(-c2ccccc2C)[n+](C)c1)C(C)(C)C.[2H]C([2H])(c1ccc(-c2ccccc2C)[n+](C)c1)C(C)C. The molecule has 4 aromatic heterocycles. The maximum atomic E-state index is 9.05. The molecule has 8 aromatic rings. The van der Waals surface area contributed by atoms with E-state index in [1.165, 1.54) is 27.8 Å². The molecule has 0 spiro atoms. The van der Waals surface area contributed by atoms with E-state index < -0.39 is 60.4 Å². The fraction of sp³-hybridized carbons (Fsp3) is 0.436. The lowest BCUT2D eigenvalue weighted by Crippen LogP contribution is -2.33. The molecule has 4 heteroatoms. The van der Waals surface area contributed by atoms with Crippen molar-refractivity contribution in [3.05, 3.63) is 213 Å². The van der Waals surface area contributed by atoms with Crippen molar-refractivity contribution < 1.29 is 36.1 Å². The van der Waals surface area contributed by atoms with Crippen LogP contribution in [-0.2, 0) is 60.1 Å². The molecule has 0 fully saturated rings. The van der Waals surface area contributed by atoms with E-state index in [0.717, 1.165) is 56.2 Å². The Morgan fingerprint density at radius 1 is 0.378 bits per heavy atom. The second-order valence-corrected chi connectivity index (χ2v) is 26.6. The molecule has 0 atom stereocenters. The van der Waals surface area contributed by atoms with Gasteiger partial charge in [-0.1, -0.05) is 163 Å². The number of hydrogen-bond acceptors (Lipinski definition) is 0. The minimum Gasteiger partial charge on any atom is -0.201 e. The maximum absolute atomic E-state index is 9.05. The second-order valence-electron chi connectivity index (χ2n) is 26.6. The topological polar surface area (TPSA) is 15.5 Å². The molecule has 0 bridgehead atoms. The number of benzene rings is 4. The third kappa shape index (κ3) is 20.7. The Bertz CT molecular complexity index is 4000. The fourth-order valence-corrected chi connectivity index (χ4v) is 9.70. The van der Waals surface area contributed by atoms with Gasteiger partial charge in [0.15, 0.2) is 24.8 Å². The van der Waals surface area contributed by atoms with Gasteiger partial charge >= 0.3 is 0 Å². The van der Waals surface area contributed by atoms with Crippen molar-refractivity contribution in [3.63, 3.8) is 0 Å². The second kappa shape index (κ2) is 28.2. The monoisotopic (exact) mass is 1110 g/mol. The molecule has 82 heavy (non-hydrogen) atoms. The Balaban J connectivity index is 0.000000238. The van der Waals surface area contributed by atoms with Crippen LogP contribution in [0.2, 0.25) is 0 Å². The first-order valence-electron chi connectivity index (χ1n) is 35.5. The van der Waals surface area contributed by atoms with Crippen molar-refractivity contribution in [2.75, 3.05) is 0 Å². The van der Waals surface area contributed by atoms with Crippen LogP contribution in [0, 0.1) is 69.0 Å². The van der Waals surface area contributed by atoms with Gasteiger partial charge in [0, 0.05) is 87.1 Å². The molecule has 0 saturated heterocycles. The van der Waals surface area contributed by atoms with Gasteiger partial charge in [-0.05, 0) is 176 Å². The summed E-state index contributed by atoms with van der Waals surface area (Å²) in [5.41, 5.74) is 14.5. The molecule has 0 unspecified atom stereocenters. The van der Waals surface area contributed by atoms with Gasteiger partial charge in [-0.15, -0.1) is 0 Å². The van der Waals surface area contributed by atoms with Crippen molar-refractivity contribution in [2.45, 2.75) is 170 Å². The van der Waals surface area contributed by atoms with Gasteiger partial charge in [0.25, 0.3) is 0 Å². The lowest BCUT2D eigenvalue weighted by Gasteiger charge is -2.24. The molecular formula is C78H108N4+4. The lowest BCUT2D eigenvalue weighted by atomic mass is 9.81. The molecular weight excluding hydrogens is 993 g/mol. The van der Waals surface area contributed by atoms with Gasteiger partial charge in [0.1, 0.15) is 28.2 Å². The number of rotatable bonds is 10. The van der Waals surface area contributed by atoms with Crippen LogP contribution in [-0.4, -0.2) is 0 Å². The van der Waals surface area contributed by atoms with Gasteiger partial charge in [-0.3, -0.25) is 0 Å². The van der Waals surface area contributed by atoms with Gasteiger partial charge in [-0.2, -0.15) is 0 Å². The summed E-state index contributed by atoms with van der Waals surface area (Å²) in [4.78, 5) is 0.